The van der Waals surface area contributed by atoms with Gasteiger partial charge in [0.1, 0.15) is 0 Å². The Kier molecular flexibility index (Phi) is 9.36. The summed E-state index contributed by atoms with van der Waals surface area (Å²) in [6.07, 6.45) is 6.70. The maximum absolute atomic E-state index is 11.5. The average molecular weight is 228 g/mol. The number of hydrogen-bond donors (Lipinski definition) is 0. The quantitative estimate of drug-likeness (QED) is 0.437. The van der Waals surface area contributed by atoms with E-state index in [-0.39, 0.29) is 11.9 Å². The smallest absolute Gasteiger partial charge is 0.308 e. The minimum Gasteiger partial charge on any atom is -0.465 e. The molecule has 0 rings (SSSR count). The van der Waals surface area contributed by atoms with Crippen molar-refractivity contribution in [1.29, 1.82) is 0 Å². The fourth-order valence-corrected chi connectivity index (χ4v) is 1.70. The highest BCUT2D eigenvalue weighted by Crippen LogP contribution is 2.10. The summed E-state index contributed by atoms with van der Waals surface area (Å²) in [5.41, 5.74) is 0. The van der Waals surface area contributed by atoms with Crippen LogP contribution in [0.15, 0.2) is 0 Å². The Hall–Kier alpha value is -0.530. The number of hydrogen-bond acceptors (Lipinski definition) is 2. The number of carbonyl (C=O) groups excluding carboxylic acids is 1. The molecule has 0 fully saturated rings. The van der Waals surface area contributed by atoms with Crippen LogP contribution in [0.3, 0.4) is 0 Å². The van der Waals surface area contributed by atoms with Crippen molar-refractivity contribution in [2.24, 2.45) is 11.8 Å². The van der Waals surface area contributed by atoms with E-state index in [9.17, 15) is 4.79 Å². The molecule has 2 nitrogen and oxygen atoms in total. The molecule has 16 heavy (non-hydrogen) atoms. The van der Waals surface area contributed by atoms with E-state index in [0.717, 1.165) is 25.2 Å². The topological polar surface area (TPSA) is 26.3 Å². The normalized spacial score (nSPS) is 12.8. The summed E-state index contributed by atoms with van der Waals surface area (Å²) in [6.45, 7) is 9.13. The summed E-state index contributed by atoms with van der Waals surface area (Å²) >= 11 is 0. The number of esters is 1. The maximum Gasteiger partial charge on any atom is 0.308 e. The van der Waals surface area contributed by atoms with E-state index in [1.807, 2.05) is 6.92 Å². The van der Waals surface area contributed by atoms with Gasteiger partial charge in [0, 0.05) is 0 Å². The molecule has 0 aromatic carbocycles. The van der Waals surface area contributed by atoms with Gasteiger partial charge >= 0.3 is 5.97 Å². The van der Waals surface area contributed by atoms with Crippen LogP contribution in [0, 0.1) is 11.8 Å². The highest BCUT2D eigenvalue weighted by Gasteiger charge is 2.12. The van der Waals surface area contributed by atoms with E-state index in [1.165, 1.54) is 19.3 Å². The third-order valence-corrected chi connectivity index (χ3v) is 2.79. The van der Waals surface area contributed by atoms with Crippen molar-refractivity contribution >= 4 is 5.97 Å². The zero-order chi connectivity index (χ0) is 12.4. The Morgan fingerprint density at radius 2 is 1.75 bits per heavy atom. The number of carbonyl (C=O) groups is 1. The minimum absolute atomic E-state index is 0.0225. The van der Waals surface area contributed by atoms with E-state index < -0.39 is 0 Å². The predicted molar refractivity (Wildman–Crippen MR) is 68.3 cm³/mol. The lowest BCUT2D eigenvalue weighted by Gasteiger charge is -2.10. The maximum atomic E-state index is 11.5. The minimum atomic E-state index is -0.0225. The van der Waals surface area contributed by atoms with Crippen LogP contribution in [-0.4, -0.2) is 12.6 Å². The Morgan fingerprint density at radius 3 is 2.31 bits per heavy atom. The summed E-state index contributed by atoms with van der Waals surface area (Å²) in [5, 5.41) is 0. The van der Waals surface area contributed by atoms with Gasteiger partial charge in [-0.1, -0.05) is 53.4 Å². The zero-order valence-corrected chi connectivity index (χ0v) is 11.4. The van der Waals surface area contributed by atoms with Crippen molar-refractivity contribution in [2.75, 3.05) is 6.61 Å². The largest absolute Gasteiger partial charge is 0.465 e. The summed E-state index contributed by atoms with van der Waals surface area (Å²) in [4.78, 5) is 11.5. The highest BCUT2D eigenvalue weighted by molar-refractivity contribution is 5.71. The van der Waals surface area contributed by atoms with Gasteiger partial charge < -0.3 is 4.74 Å². The van der Waals surface area contributed by atoms with Gasteiger partial charge in [0.2, 0.25) is 0 Å². The Balaban J connectivity index is 3.34. The molecule has 0 aromatic rings. The van der Waals surface area contributed by atoms with Gasteiger partial charge in [-0.15, -0.1) is 0 Å². The van der Waals surface area contributed by atoms with Crippen molar-refractivity contribution in [3.63, 3.8) is 0 Å². The van der Waals surface area contributed by atoms with Gasteiger partial charge in [0.05, 0.1) is 12.5 Å². The molecule has 0 bridgehead atoms. The molecule has 2 heteroatoms. The standard InChI is InChI=1S/C14H28O2/c1-5-9-13(4)14(15)16-11-8-6-7-10-12(2)3/h12-13H,5-11H2,1-4H3. The SMILES string of the molecule is CCCC(C)C(=O)OCCCCCC(C)C. The van der Waals surface area contributed by atoms with E-state index in [0.29, 0.717) is 6.61 Å². The lowest BCUT2D eigenvalue weighted by atomic mass is 10.1. The lowest BCUT2D eigenvalue weighted by molar-refractivity contribution is -0.148. The van der Waals surface area contributed by atoms with Crippen molar-refractivity contribution in [3.05, 3.63) is 0 Å². The average Bonchev–Trinajstić information content (AvgIpc) is 2.22. The first kappa shape index (κ1) is 15.5. The number of rotatable bonds is 9. The van der Waals surface area contributed by atoms with Crippen molar-refractivity contribution < 1.29 is 9.53 Å². The van der Waals surface area contributed by atoms with Gasteiger partial charge in [-0.2, -0.15) is 0 Å². The second-order valence-corrected chi connectivity index (χ2v) is 5.10. The molecule has 0 aromatic heterocycles. The molecule has 0 saturated heterocycles. The summed E-state index contributed by atoms with van der Waals surface area (Å²) in [5.74, 6) is 0.832. The van der Waals surface area contributed by atoms with Gasteiger partial charge in [-0.3, -0.25) is 4.79 Å². The fraction of sp³-hybridized carbons (Fsp3) is 0.929. The molecular weight excluding hydrogens is 200 g/mol. The van der Waals surface area contributed by atoms with Crippen molar-refractivity contribution in [2.45, 2.75) is 66.2 Å². The molecule has 0 heterocycles. The van der Waals surface area contributed by atoms with E-state index in [4.69, 9.17) is 4.74 Å². The molecule has 0 radical (unpaired) electrons. The van der Waals surface area contributed by atoms with E-state index >= 15 is 0 Å². The molecule has 96 valence electrons. The second kappa shape index (κ2) is 9.68. The van der Waals surface area contributed by atoms with Gasteiger partial charge in [-0.25, -0.2) is 0 Å². The van der Waals surface area contributed by atoms with Crippen LogP contribution < -0.4 is 0 Å². The molecule has 0 aliphatic carbocycles. The second-order valence-electron chi connectivity index (χ2n) is 5.10. The van der Waals surface area contributed by atoms with Gasteiger partial charge in [0.25, 0.3) is 0 Å². The predicted octanol–water partition coefficient (Wildman–Crippen LogP) is 4.18. The van der Waals surface area contributed by atoms with Crippen LogP contribution in [0.25, 0.3) is 0 Å². The first-order valence-electron chi connectivity index (χ1n) is 6.74. The fourth-order valence-electron chi connectivity index (χ4n) is 1.70. The highest BCUT2D eigenvalue weighted by atomic mass is 16.5. The molecule has 0 saturated carbocycles. The molecule has 0 spiro atoms. The summed E-state index contributed by atoms with van der Waals surface area (Å²) < 4.78 is 5.22. The monoisotopic (exact) mass is 228 g/mol. The molecule has 0 aliphatic heterocycles. The van der Waals surface area contributed by atoms with Crippen LogP contribution >= 0.6 is 0 Å². The zero-order valence-electron chi connectivity index (χ0n) is 11.4. The summed E-state index contributed by atoms with van der Waals surface area (Å²) in [6, 6.07) is 0. The molecular formula is C14H28O2. The Morgan fingerprint density at radius 1 is 1.06 bits per heavy atom. The lowest BCUT2D eigenvalue weighted by Crippen LogP contribution is -2.15. The van der Waals surface area contributed by atoms with Crippen molar-refractivity contribution in [3.8, 4) is 0 Å². The first-order chi connectivity index (χ1) is 7.57. The molecule has 0 N–H and O–H groups in total. The van der Waals surface area contributed by atoms with Crippen LogP contribution in [0.5, 0.6) is 0 Å². The Labute approximate surface area is 101 Å². The first-order valence-corrected chi connectivity index (χ1v) is 6.74. The number of unbranched alkanes of at least 4 members (excludes halogenated alkanes) is 2. The third kappa shape index (κ3) is 8.75. The molecule has 1 unspecified atom stereocenters. The van der Waals surface area contributed by atoms with E-state index in [1.54, 1.807) is 0 Å². The van der Waals surface area contributed by atoms with E-state index in [2.05, 4.69) is 20.8 Å². The van der Waals surface area contributed by atoms with Crippen LogP contribution in [0.2, 0.25) is 0 Å². The number of ether oxygens (including phenoxy) is 1. The third-order valence-electron chi connectivity index (χ3n) is 2.79. The van der Waals surface area contributed by atoms with Crippen LogP contribution in [-0.2, 0) is 9.53 Å². The van der Waals surface area contributed by atoms with Crippen LogP contribution in [0.1, 0.15) is 66.2 Å². The van der Waals surface area contributed by atoms with Crippen LogP contribution in [0.4, 0.5) is 0 Å². The van der Waals surface area contributed by atoms with Gasteiger partial charge in [-0.05, 0) is 18.8 Å². The summed E-state index contributed by atoms with van der Waals surface area (Å²) in [7, 11) is 0. The van der Waals surface area contributed by atoms with Crippen molar-refractivity contribution in [1.82, 2.24) is 0 Å². The molecule has 1 atom stereocenters. The van der Waals surface area contributed by atoms with Gasteiger partial charge in [0.15, 0.2) is 0 Å². The molecule has 0 aliphatic rings. The Bertz CT molecular complexity index is 176. The molecule has 0 amide bonds.